The predicted octanol–water partition coefficient (Wildman–Crippen LogP) is 3.03. The highest BCUT2D eigenvalue weighted by Crippen LogP contribution is 2.32. The number of piperidine rings is 1. The molecule has 25 heavy (non-hydrogen) atoms. The van der Waals surface area contributed by atoms with Gasteiger partial charge in [0, 0.05) is 19.1 Å². The minimum Gasteiger partial charge on any atom is -0.365 e. The maximum atomic E-state index is 11.9. The molecule has 2 aromatic rings. The predicted molar refractivity (Wildman–Crippen MR) is 104 cm³/mol. The molecule has 1 aliphatic heterocycles. The molecule has 0 aromatic carbocycles. The highest BCUT2D eigenvalue weighted by atomic mass is 32.2. The summed E-state index contributed by atoms with van der Waals surface area (Å²) in [7, 11) is -3.15. The minimum absolute atomic E-state index is 0.0766. The summed E-state index contributed by atoms with van der Waals surface area (Å²) in [6.45, 7) is 7.41. The second-order valence-electron chi connectivity index (χ2n) is 7.26. The van der Waals surface area contributed by atoms with Crippen molar-refractivity contribution in [3.8, 4) is 0 Å². The van der Waals surface area contributed by atoms with Crippen molar-refractivity contribution in [1.82, 2.24) is 14.3 Å². The number of nitrogens with zero attached hydrogens (tertiary/aromatic N) is 3. The van der Waals surface area contributed by atoms with E-state index in [4.69, 9.17) is 0 Å². The van der Waals surface area contributed by atoms with Crippen molar-refractivity contribution in [3.63, 3.8) is 0 Å². The lowest BCUT2D eigenvalue weighted by Gasteiger charge is -2.31. The van der Waals surface area contributed by atoms with Crippen LogP contribution in [0.5, 0.6) is 0 Å². The largest absolute Gasteiger partial charge is 0.365 e. The summed E-state index contributed by atoms with van der Waals surface area (Å²) in [5.41, 5.74) is 1.27. The second-order valence-corrected chi connectivity index (χ2v) is 10.1. The fourth-order valence-electron chi connectivity index (χ4n) is 3.36. The van der Waals surface area contributed by atoms with Gasteiger partial charge < -0.3 is 5.32 Å². The molecule has 8 heteroatoms. The van der Waals surface area contributed by atoms with Crippen LogP contribution in [0, 0.1) is 12.8 Å². The first-order valence-corrected chi connectivity index (χ1v) is 11.4. The number of rotatable bonds is 5. The summed E-state index contributed by atoms with van der Waals surface area (Å²) < 4.78 is 25.3. The molecule has 1 unspecified atom stereocenters. The van der Waals surface area contributed by atoms with Crippen LogP contribution in [0.3, 0.4) is 0 Å². The monoisotopic (exact) mass is 382 g/mol. The Balaban J connectivity index is 1.91. The Morgan fingerprint density at radius 1 is 1.40 bits per heavy atom. The highest BCUT2D eigenvalue weighted by Gasteiger charge is 2.27. The molecule has 1 fully saturated rings. The molecule has 1 N–H and O–H groups in total. The van der Waals surface area contributed by atoms with Gasteiger partial charge in [0.15, 0.2) is 0 Å². The van der Waals surface area contributed by atoms with E-state index in [1.165, 1.54) is 11.8 Å². The average Bonchev–Trinajstić information content (AvgIpc) is 2.88. The molecular formula is C17H26N4O2S2. The van der Waals surface area contributed by atoms with E-state index in [2.05, 4.69) is 34.5 Å². The zero-order chi connectivity index (χ0) is 18.2. The van der Waals surface area contributed by atoms with Gasteiger partial charge in [0.1, 0.15) is 16.5 Å². The Kier molecular flexibility index (Phi) is 5.31. The Hall–Kier alpha value is -1.25. The van der Waals surface area contributed by atoms with E-state index in [1.807, 2.05) is 6.92 Å². The molecule has 0 aliphatic carbocycles. The van der Waals surface area contributed by atoms with E-state index < -0.39 is 10.0 Å². The molecule has 2 aromatic heterocycles. The molecule has 0 amide bonds. The number of anilines is 1. The van der Waals surface area contributed by atoms with Crippen molar-refractivity contribution < 1.29 is 8.42 Å². The van der Waals surface area contributed by atoms with E-state index in [9.17, 15) is 8.42 Å². The molecule has 6 nitrogen and oxygen atoms in total. The first-order valence-electron chi connectivity index (χ1n) is 8.70. The third-order valence-electron chi connectivity index (χ3n) is 4.44. The lowest BCUT2D eigenvalue weighted by atomic mass is 10.0. The zero-order valence-electron chi connectivity index (χ0n) is 15.2. The van der Waals surface area contributed by atoms with Gasteiger partial charge in [-0.15, -0.1) is 11.3 Å². The van der Waals surface area contributed by atoms with Crippen LogP contribution < -0.4 is 5.32 Å². The number of aromatic nitrogens is 2. The van der Waals surface area contributed by atoms with Gasteiger partial charge in [-0.05, 0) is 43.0 Å². The van der Waals surface area contributed by atoms with Crippen LogP contribution in [0.25, 0.3) is 10.2 Å². The molecular weight excluding hydrogens is 356 g/mol. The number of nitrogens with one attached hydrogen (secondary N) is 1. The van der Waals surface area contributed by atoms with Crippen LogP contribution in [0.1, 0.15) is 38.1 Å². The van der Waals surface area contributed by atoms with Gasteiger partial charge >= 0.3 is 0 Å². The Morgan fingerprint density at radius 2 is 2.16 bits per heavy atom. The van der Waals surface area contributed by atoms with E-state index in [1.54, 1.807) is 15.6 Å². The fraction of sp³-hybridized carbons (Fsp3) is 0.647. The van der Waals surface area contributed by atoms with Gasteiger partial charge in [-0.3, -0.25) is 0 Å². The van der Waals surface area contributed by atoms with Gasteiger partial charge in [-0.25, -0.2) is 22.7 Å². The van der Waals surface area contributed by atoms with E-state index in [0.29, 0.717) is 19.0 Å². The van der Waals surface area contributed by atoms with Crippen LogP contribution in [0.4, 0.5) is 5.82 Å². The van der Waals surface area contributed by atoms with Crippen LogP contribution >= 0.6 is 11.3 Å². The summed E-state index contributed by atoms with van der Waals surface area (Å²) in [5.74, 6) is 2.14. The molecule has 0 radical (unpaired) electrons. The molecule has 138 valence electrons. The lowest BCUT2D eigenvalue weighted by molar-refractivity contribution is 0.329. The highest BCUT2D eigenvalue weighted by molar-refractivity contribution is 7.88. The molecule has 0 saturated carbocycles. The number of sulfonamides is 1. The smallest absolute Gasteiger partial charge is 0.211 e. The van der Waals surface area contributed by atoms with Crippen molar-refractivity contribution >= 4 is 37.4 Å². The van der Waals surface area contributed by atoms with Crippen molar-refractivity contribution in [2.45, 2.75) is 46.1 Å². The van der Waals surface area contributed by atoms with Gasteiger partial charge in [0.2, 0.25) is 10.0 Å². The summed E-state index contributed by atoms with van der Waals surface area (Å²) in [6.07, 6.45) is 4.07. The first-order chi connectivity index (χ1) is 11.7. The topological polar surface area (TPSA) is 75.2 Å². The van der Waals surface area contributed by atoms with Gasteiger partial charge in [-0.2, -0.15) is 0 Å². The summed E-state index contributed by atoms with van der Waals surface area (Å²) >= 11 is 1.65. The van der Waals surface area contributed by atoms with E-state index in [-0.39, 0.29) is 6.04 Å². The first kappa shape index (κ1) is 18.5. The van der Waals surface area contributed by atoms with Crippen molar-refractivity contribution in [3.05, 3.63) is 16.8 Å². The number of hydrogen-bond donors (Lipinski definition) is 1. The maximum Gasteiger partial charge on any atom is 0.211 e. The molecule has 3 heterocycles. The van der Waals surface area contributed by atoms with E-state index in [0.717, 1.165) is 41.1 Å². The number of fused-ring (bicyclic) bond motifs is 1. The van der Waals surface area contributed by atoms with Crippen molar-refractivity contribution in [2.24, 2.45) is 5.92 Å². The van der Waals surface area contributed by atoms with Gasteiger partial charge in [0.25, 0.3) is 0 Å². The van der Waals surface area contributed by atoms with Crippen molar-refractivity contribution in [1.29, 1.82) is 0 Å². The summed E-state index contributed by atoms with van der Waals surface area (Å²) in [4.78, 5) is 10.2. The summed E-state index contributed by atoms with van der Waals surface area (Å²) in [6, 6.07) is 0.0766. The third-order valence-corrected chi connectivity index (χ3v) is 6.63. The van der Waals surface area contributed by atoms with Gasteiger partial charge in [-0.1, -0.05) is 13.8 Å². The molecule has 0 bridgehead atoms. The van der Waals surface area contributed by atoms with Gasteiger partial charge in [0.05, 0.1) is 11.6 Å². The Labute approximate surface area is 153 Å². The maximum absolute atomic E-state index is 11.9. The summed E-state index contributed by atoms with van der Waals surface area (Å²) in [5, 5.41) is 6.79. The van der Waals surface area contributed by atoms with Crippen LogP contribution in [-0.4, -0.2) is 48.1 Å². The van der Waals surface area contributed by atoms with E-state index >= 15 is 0 Å². The molecule has 0 spiro atoms. The van der Waals surface area contributed by atoms with Crippen LogP contribution in [-0.2, 0) is 16.4 Å². The normalized spacial score (nSPS) is 19.6. The standard InChI is InChI=1S/C17H26N4O2S2/c1-11(2)8-13-10-24-17-15(13)16(18-12(3)19-17)20-14-6-5-7-21(9-14)25(4,22)23/h10-11,14H,5-9H2,1-4H3,(H,18,19,20). The van der Waals surface area contributed by atoms with Crippen molar-refractivity contribution in [2.75, 3.05) is 24.7 Å². The second kappa shape index (κ2) is 7.17. The zero-order valence-corrected chi connectivity index (χ0v) is 16.9. The SMILES string of the molecule is Cc1nc(NC2CCCN(S(C)(=O)=O)C2)c2c(CC(C)C)csc2n1. The fourth-order valence-corrected chi connectivity index (χ4v) is 5.27. The minimum atomic E-state index is -3.15. The number of hydrogen-bond acceptors (Lipinski definition) is 6. The molecule has 1 atom stereocenters. The molecule has 1 aliphatic rings. The number of thiophene rings is 1. The number of aryl methyl sites for hydroxylation is 1. The quantitative estimate of drug-likeness (QED) is 0.860. The Morgan fingerprint density at radius 3 is 2.84 bits per heavy atom. The van der Waals surface area contributed by atoms with Crippen LogP contribution in [0.2, 0.25) is 0 Å². The Bertz CT molecular complexity index is 861. The van der Waals surface area contributed by atoms with Crippen LogP contribution in [0.15, 0.2) is 5.38 Å². The lowest BCUT2D eigenvalue weighted by Crippen LogP contribution is -2.44. The molecule has 1 saturated heterocycles. The molecule has 3 rings (SSSR count). The average molecular weight is 383 g/mol. The third kappa shape index (κ3) is 4.30.